The predicted molar refractivity (Wildman–Crippen MR) is 54.1 cm³/mol. The lowest BCUT2D eigenvalue weighted by Gasteiger charge is -1.93. The Morgan fingerprint density at radius 2 is 2.00 bits per heavy atom. The average molecular weight is 191 g/mol. The molecule has 13 heavy (non-hydrogen) atoms. The van der Waals surface area contributed by atoms with Crippen molar-refractivity contribution < 1.29 is 4.74 Å². The largest absolute Gasteiger partial charge is 0.473 e. The molecule has 0 aliphatic heterocycles. The van der Waals surface area contributed by atoms with Crippen molar-refractivity contribution in [1.82, 2.24) is 4.98 Å². The molecular formula is C10H9NOS. The molecule has 2 rings (SSSR count). The summed E-state index contributed by atoms with van der Waals surface area (Å²) in [6.07, 6.45) is 0. The summed E-state index contributed by atoms with van der Waals surface area (Å²) in [5.74, 6) is 0. The van der Waals surface area contributed by atoms with Gasteiger partial charge in [0.1, 0.15) is 0 Å². The molecule has 0 N–H and O–H groups in total. The van der Waals surface area contributed by atoms with Crippen LogP contribution in [0, 0.1) is 0 Å². The van der Waals surface area contributed by atoms with Gasteiger partial charge in [0.15, 0.2) is 0 Å². The molecule has 3 heteroatoms. The van der Waals surface area contributed by atoms with E-state index in [4.69, 9.17) is 4.74 Å². The first kappa shape index (κ1) is 8.26. The fourth-order valence-electron chi connectivity index (χ4n) is 1.09. The Hall–Kier alpha value is -1.35. The van der Waals surface area contributed by atoms with Crippen molar-refractivity contribution >= 4 is 11.3 Å². The fraction of sp³-hybridized carbons (Fsp3) is 0.100. The Morgan fingerprint density at radius 3 is 2.62 bits per heavy atom. The Kier molecular flexibility index (Phi) is 2.27. The van der Waals surface area contributed by atoms with Gasteiger partial charge < -0.3 is 4.74 Å². The normalized spacial score (nSPS) is 9.92. The molecule has 0 saturated carbocycles. The molecule has 0 radical (unpaired) electrons. The molecule has 1 heterocycles. The fourth-order valence-corrected chi connectivity index (χ4v) is 1.74. The quantitative estimate of drug-likeness (QED) is 0.728. The second-order valence-corrected chi connectivity index (χ2v) is 3.39. The van der Waals surface area contributed by atoms with E-state index in [0.717, 1.165) is 11.3 Å². The highest BCUT2D eigenvalue weighted by atomic mass is 32.1. The molecule has 0 bridgehead atoms. The van der Waals surface area contributed by atoms with E-state index in [2.05, 4.69) is 4.98 Å². The number of benzene rings is 1. The third-order valence-electron chi connectivity index (χ3n) is 1.73. The lowest BCUT2D eigenvalue weighted by atomic mass is 10.2. The number of hydrogen-bond acceptors (Lipinski definition) is 3. The van der Waals surface area contributed by atoms with Crippen molar-refractivity contribution in [3.05, 3.63) is 35.7 Å². The Labute approximate surface area is 80.8 Å². The van der Waals surface area contributed by atoms with Gasteiger partial charge in [0, 0.05) is 10.9 Å². The van der Waals surface area contributed by atoms with Crippen LogP contribution in [0.15, 0.2) is 35.7 Å². The molecule has 0 saturated heterocycles. The van der Waals surface area contributed by atoms with E-state index < -0.39 is 0 Å². The Morgan fingerprint density at radius 1 is 1.23 bits per heavy atom. The molecule has 0 atom stereocenters. The van der Waals surface area contributed by atoms with Gasteiger partial charge in [-0.05, 0) is 0 Å². The van der Waals surface area contributed by atoms with E-state index in [1.807, 2.05) is 35.7 Å². The summed E-state index contributed by atoms with van der Waals surface area (Å²) < 4.78 is 5.02. The molecule has 66 valence electrons. The third kappa shape index (κ3) is 1.70. The summed E-state index contributed by atoms with van der Waals surface area (Å²) in [4.78, 5) is 4.30. The molecule has 2 nitrogen and oxygen atoms in total. The SMILES string of the molecule is COc1nc(-c2ccccc2)cs1. The maximum absolute atomic E-state index is 5.02. The van der Waals surface area contributed by atoms with Crippen LogP contribution in [0.1, 0.15) is 0 Å². The first-order valence-corrected chi connectivity index (χ1v) is 4.83. The molecule has 0 unspecified atom stereocenters. The van der Waals surface area contributed by atoms with Crippen LogP contribution < -0.4 is 4.74 Å². The van der Waals surface area contributed by atoms with Crippen LogP contribution in [-0.4, -0.2) is 12.1 Å². The van der Waals surface area contributed by atoms with Crippen LogP contribution in [0.3, 0.4) is 0 Å². The summed E-state index contributed by atoms with van der Waals surface area (Å²) >= 11 is 1.51. The Bertz CT molecular complexity index is 383. The van der Waals surface area contributed by atoms with Gasteiger partial charge in [0.05, 0.1) is 12.8 Å². The van der Waals surface area contributed by atoms with Gasteiger partial charge in [-0.25, -0.2) is 4.98 Å². The van der Waals surface area contributed by atoms with Crippen molar-refractivity contribution in [2.75, 3.05) is 7.11 Å². The van der Waals surface area contributed by atoms with Gasteiger partial charge in [-0.1, -0.05) is 41.7 Å². The van der Waals surface area contributed by atoms with Gasteiger partial charge >= 0.3 is 0 Å². The second kappa shape index (κ2) is 3.58. The summed E-state index contributed by atoms with van der Waals surface area (Å²) in [6, 6.07) is 10.1. The standard InChI is InChI=1S/C10H9NOS/c1-12-10-11-9(7-13-10)8-5-3-2-4-6-8/h2-7H,1H3. The maximum atomic E-state index is 5.02. The zero-order chi connectivity index (χ0) is 9.10. The molecule has 2 aromatic rings. The van der Waals surface area contributed by atoms with Gasteiger partial charge in [-0.2, -0.15) is 0 Å². The van der Waals surface area contributed by atoms with Crippen molar-refractivity contribution in [3.63, 3.8) is 0 Å². The Balaban J connectivity index is 2.36. The molecule has 0 aliphatic carbocycles. The number of ether oxygens (including phenoxy) is 1. The van der Waals surface area contributed by atoms with E-state index in [-0.39, 0.29) is 0 Å². The molecule has 0 amide bonds. The highest BCUT2D eigenvalue weighted by Gasteiger charge is 2.02. The minimum Gasteiger partial charge on any atom is -0.473 e. The van der Waals surface area contributed by atoms with Crippen LogP contribution in [0.4, 0.5) is 0 Å². The maximum Gasteiger partial charge on any atom is 0.273 e. The molecule has 0 spiro atoms. The molecule has 1 aromatic heterocycles. The van der Waals surface area contributed by atoms with E-state index in [1.54, 1.807) is 7.11 Å². The van der Waals surface area contributed by atoms with Crippen LogP contribution in [0.2, 0.25) is 0 Å². The number of aromatic nitrogens is 1. The molecule has 0 aliphatic rings. The number of thiazole rings is 1. The van der Waals surface area contributed by atoms with Gasteiger partial charge in [0.2, 0.25) is 0 Å². The monoisotopic (exact) mass is 191 g/mol. The molecular weight excluding hydrogens is 182 g/mol. The number of nitrogens with zero attached hydrogens (tertiary/aromatic N) is 1. The van der Waals surface area contributed by atoms with Crippen LogP contribution in [0.25, 0.3) is 11.3 Å². The number of hydrogen-bond donors (Lipinski definition) is 0. The van der Waals surface area contributed by atoms with E-state index in [1.165, 1.54) is 11.3 Å². The lowest BCUT2D eigenvalue weighted by molar-refractivity contribution is 0.412. The van der Waals surface area contributed by atoms with E-state index >= 15 is 0 Å². The highest BCUT2D eigenvalue weighted by molar-refractivity contribution is 7.11. The van der Waals surface area contributed by atoms with Gasteiger partial charge in [-0.3, -0.25) is 0 Å². The lowest BCUT2D eigenvalue weighted by Crippen LogP contribution is -1.81. The summed E-state index contributed by atoms with van der Waals surface area (Å²) in [6.45, 7) is 0. The summed E-state index contributed by atoms with van der Waals surface area (Å²) in [5, 5.41) is 2.70. The van der Waals surface area contributed by atoms with Crippen molar-refractivity contribution in [1.29, 1.82) is 0 Å². The highest BCUT2D eigenvalue weighted by Crippen LogP contribution is 2.25. The van der Waals surface area contributed by atoms with Crippen LogP contribution >= 0.6 is 11.3 Å². The summed E-state index contributed by atoms with van der Waals surface area (Å²) in [7, 11) is 1.63. The van der Waals surface area contributed by atoms with Gasteiger partial charge in [0.25, 0.3) is 5.19 Å². The van der Waals surface area contributed by atoms with Crippen LogP contribution in [-0.2, 0) is 0 Å². The van der Waals surface area contributed by atoms with Crippen molar-refractivity contribution in [3.8, 4) is 16.5 Å². The first-order chi connectivity index (χ1) is 6.40. The number of rotatable bonds is 2. The third-order valence-corrected chi connectivity index (χ3v) is 2.53. The molecule has 0 fully saturated rings. The van der Waals surface area contributed by atoms with Crippen LogP contribution in [0.5, 0.6) is 5.19 Å². The van der Waals surface area contributed by atoms with E-state index in [0.29, 0.717) is 5.19 Å². The van der Waals surface area contributed by atoms with E-state index in [9.17, 15) is 0 Å². The smallest absolute Gasteiger partial charge is 0.273 e. The number of methoxy groups -OCH3 is 1. The minimum absolute atomic E-state index is 0.707. The zero-order valence-electron chi connectivity index (χ0n) is 7.23. The summed E-state index contributed by atoms with van der Waals surface area (Å²) in [5.41, 5.74) is 2.10. The molecule has 1 aromatic carbocycles. The topological polar surface area (TPSA) is 22.1 Å². The average Bonchev–Trinajstić information content (AvgIpc) is 2.67. The first-order valence-electron chi connectivity index (χ1n) is 3.95. The predicted octanol–water partition coefficient (Wildman–Crippen LogP) is 2.82. The minimum atomic E-state index is 0.707. The zero-order valence-corrected chi connectivity index (χ0v) is 8.04. The van der Waals surface area contributed by atoms with Gasteiger partial charge in [-0.15, -0.1) is 0 Å². The second-order valence-electron chi connectivity index (χ2n) is 2.57. The van der Waals surface area contributed by atoms with Crippen molar-refractivity contribution in [2.45, 2.75) is 0 Å². The van der Waals surface area contributed by atoms with Crippen molar-refractivity contribution in [2.24, 2.45) is 0 Å².